The fourth-order valence-corrected chi connectivity index (χ4v) is 1.84. The summed E-state index contributed by atoms with van der Waals surface area (Å²) in [5.74, 6) is -0.818. The molecule has 0 bridgehead atoms. The van der Waals surface area contributed by atoms with Crippen molar-refractivity contribution in [2.24, 2.45) is 0 Å². The van der Waals surface area contributed by atoms with Gasteiger partial charge in [0, 0.05) is 12.3 Å². The number of nitrogens with one attached hydrogen (secondary N) is 1. The quantitative estimate of drug-likeness (QED) is 0.808. The van der Waals surface area contributed by atoms with Crippen LogP contribution in [-0.4, -0.2) is 22.0 Å². The lowest BCUT2D eigenvalue weighted by Gasteiger charge is -2.02. The topological polar surface area (TPSA) is 92.4 Å². The maximum Gasteiger partial charge on any atom is 0.335 e. The average Bonchev–Trinajstić information content (AvgIpc) is 2.89. The Labute approximate surface area is 128 Å². The van der Waals surface area contributed by atoms with E-state index in [0.29, 0.717) is 16.1 Å². The monoisotopic (exact) mass is 350 g/mol. The smallest absolute Gasteiger partial charge is 0.335 e. The van der Waals surface area contributed by atoms with Gasteiger partial charge in [-0.15, -0.1) is 0 Å². The van der Waals surface area contributed by atoms with Gasteiger partial charge in [-0.25, -0.2) is 4.79 Å². The first-order valence-corrected chi connectivity index (χ1v) is 6.73. The molecule has 2 heterocycles. The number of carboxylic acids is 1. The number of aromatic nitrogens is 1. The number of amides is 1. The van der Waals surface area contributed by atoms with Gasteiger partial charge >= 0.3 is 5.97 Å². The zero-order valence-corrected chi connectivity index (χ0v) is 12.3. The van der Waals surface area contributed by atoms with Crippen molar-refractivity contribution in [1.29, 1.82) is 0 Å². The minimum Gasteiger partial charge on any atom is -0.478 e. The van der Waals surface area contributed by atoms with E-state index in [-0.39, 0.29) is 18.0 Å². The molecule has 2 aromatic rings. The molecule has 0 aliphatic carbocycles. The van der Waals surface area contributed by atoms with Crippen LogP contribution in [0.15, 0.2) is 45.6 Å². The summed E-state index contributed by atoms with van der Waals surface area (Å²) in [6, 6.07) is 6.24. The third kappa shape index (κ3) is 4.57. The Morgan fingerprint density at radius 1 is 1.38 bits per heavy atom. The number of hydrogen-bond acceptors (Lipinski definition) is 4. The predicted molar refractivity (Wildman–Crippen MR) is 78.5 cm³/mol. The van der Waals surface area contributed by atoms with Crippen molar-refractivity contribution in [3.8, 4) is 0 Å². The van der Waals surface area contributed by atoms with E-state index in [4.69, 9.17) is 9.52 Å². The number of aromatic carboxylic acids is 1. The first-order chi connectivity index (χ1) is 10.0. The van der Waals surface area contributed by atoms with Gasteiger partial charge in [0.25, 0.3) is 0 Å². The molecule has 2 aromatic heterocycles. The van der Waals surface area contributed by atoms with Crippen LogP contribution in [0.25, 0.3) is 6.08 Å². The van der Waals surface area contributed by atoms with Gasteiger partial charge in [-0.05, 0) is 46.3 Å². The number of carbonyl (C=O) groups excluding carboxylic acids is 1. The van der Waals surface area contributed by atoms with Gasteiger partial charge in [0.1, 0.15) is 5.76 Å². The normalized spacial score (nSPS) is 10.7. The highest BCUT2D eigenvalue weighted by Crippen LogP contribution is 2.14. The summed E-state index contributed by atoms with van der Waals surface area (Å²) in [6.07, 6.45) is 4.24. The molecule has 2 N–H and O–H groups in total. The van der Waals surface area contributed by atoms with Gasteiger partial charge in [0.05, 0.1) is 17.8 Å². The summed E-state index contributed by atoms with van der Waals surface area (Å²) in [4.78, 5) is 26.4. The van der Waals surface area contributed by atoms with Crippen LogP contribution < -0.4 is 5.32 Å². The lowest BCUT2D eigenvalue weighted by Crippen LogP contribution is -2.21. The fourth-order valence-electron chi connectivity index (χ4n) is 1.52. The fraction of sp³-hybridized carbons (Fsp3) is 0.0714. The highest BCUT2D eigenvalue weighted by Gasteiger charge is 2.05. The average molecular weight is 351 g/mol. The summed E-state index contributed by atoms with van der Waals surface area (Å²) in [5.41, 5.74) is 0.600. The van der Waals surface area contributed by atoms with Crippen LogP contribution in [0.1, 0.15) is 21.8 Å². The van der Waals surface area contributed by atoms with E-state index in [0.717, 1.165) is 0 Å². The second-order valence-electron chi connectivity index (χ2n) is 4.03. The molecule has 1 amide bonds. The lowest BCUT2D eigenvalue weighted by molar-refractivity contribution is -0.116. The second kappa shape index (κ2) is 6.85. The SMILES string of the molecule is O=C(/C=C/c1ccc(Br)o1)NCc1cc(C(=O)O)ccn1. The van der Waals surface area contributed by atoms with E-state index in [2.05, 4.69) is 26.2 Å². The van der Waals surface area contributed by atoms with Gasteiger partial charge in [-0.1, -0.05) is 0 Å². The number of furan rings is 1. The summed E-state index contributed by atoms with van der Waals surface area (Å²) in [6.45, 7) is 0.145. The zero-order chi connectivity index (χ0) is 15.2. The van der Waals surface area contributed by atoms with E-state index in [1.54, 1.807) is 12.1 Å². The molecule has 21 heavy (non-hydrogen) atoms. The Balaban J connectivity index is 1.90. The Bertz CT molecular complexity index is 694. The summed E-state index contributed by atoms with van der Waals surface area (Å²) >= 11 is 3.16. The van der Waals surface area contributed by atoms with Crippen LogP contribution in [-0.2, 0) is 11.3 Å². The predicted octanol–water partition coefficient (Wildman–Crippen LogP) is 2.46. The molecule has 0 aliphatic heterocycles. The van der Waals surface area contributed by atoms with E-state index >= 15 is 0 Å². The number of carbonyl (C=O) groups is 2. The van der Waals surface area contributed by atoms with Crippen LogP contribution >= 0.6 is 15.9 Å². The molecular weight excluding hydrogens is 340 g/mol. The van der Waals surface area contributed by atoms with Crippen molar-refractivity contribution in [3.63, 3.8) is 0 Å². The first kappa shape index (κ1) is 15.0. The molecule has 0 saturated heterocycles. The van der Waals surface area contributed by atoms with Crippen molar-refractivity contribution in [2.75, 3.05) is 0 Å². The molecule has 0 spiro atoms. The summed E-state index contributed by atoms with van der Waals surface area (Å²) in [5, 5.41) is 11.5. The molecule has 0 atom stereocenters. The number of halogens is 1. The first-order valence-electron chi connectivity index (χ1n) is 5.94. The largest absolute Gasteiger partial charge is 0.478 e. The van der Waals surface area contributed by atoms with Crippen LogP contribution in [0.4, 0.5) is 0 Å². The Kier molecular flexibility index (Phi) is 4.89. The number of carboxylic acid groups (broad SMARTS) is 1. The van der Waals surface area contributed by atoms with Crippen LogP contribution in [0.3, 0.4) is 0 Å². The van der Waals surface area contributed by atoms with Crippen molar-refractivity contribution >= 4 is 33.9 Å². The number of nitrogens with zero attached hydrogens (tertiary/aromatic N) is 1. The Morgan fingerprint density at radius 2 is 2.19 bits per heavy atom. The molecule has 108 valence electrons. The van der Waals surface area contributed by atoms with Crippen LogP contribution in [0, 0.1) is 0 Å². The van der Waals surface area contributed by atoms with Crippen LogP contribution in [0.5, 0.6) is 0 Å². The third-order valence-corrected chi connectivity index (χ3v) is 2.93. The molecule has 0 unspecified atom stereocenters. The van der Waals surface area contributed by atoms with Gasteiger partial charge in [-0.3, -0.25) is 9.78 Å². The van der Waals surface area contributed by atoms with Crippen molar-refractivity contribution < 1.29 is 19.1 Å². The molecule has 2 rings (SSSR count). The number of pyridine rings is 1. The maximum absolute atomic E-state index is 11.6. The lowest BCUT2D eigenvalue weighted by atomic mass is 10.2. The van der Waals surface area contributed by atoms with Crippen molar-refractivity contribution in [3.05, 3.63) is 58.2 Å². The molecule has 0 aromatic carbocycles. The van der Waals surface area contributed by atoms with Gasteiger partial charge < -0.3 is 14.8 Å². The van der Waals surface area contributed by atoms with Crippen molar-refractivity contribution in [2.45, 2.75) is 6.54 Å². The molecule has 6 nitrogen and oxygen atoms in total. The number of rotatable bonds is 5. The molecule has 0 fully saturated rings. The molecule has 0 radical (unpaired) electrons. The van der Waals surface area contributed by atoms with Gasteiger partial charge in [0.2, 0.25) is 5.91 Å². The highest BCUT2D eigenvalue weighted by atomic mass is 79.9. The highest BCUT2D eigenvalue weighted by molar-refractivity contribution is 9.10. The number of hydrogen-bond donors (Lipinski definition) is 2. The molecular formula is C14H11BrN2O4. The van der Waals surface area contributed by atoms with Crippen LogP contribution in [0.2, 0.25) is 0 Å². The standard InChI is InChI=1S/C14H11BrN2O4/c15-12-3-1-11(21-12)2-4-13(18)17-8-10-7-9(14(19)20)5-6-16-10/h1-7H,8H2,(H,17,18)(H,19,20)/b4-2+. The minimum absolute atomic E-state index is 0.130. The van der Waals surface area contributed by atoms with Gasteiger partial charge in [-0.2, -0.15) is 0 Å². The van der Waals surface area contributed by atoms with E-state index in [9.17, 15) is 9.59 Å². The van der Waals surface area contributed by atoms with Crippen molar-refractivity contribution in [1.82, 2.24) is 10.3 Å². The minimum atomic E-state index is -1.03. The Morgan fingerprint density at radius 3 is 2.86 bits per heavy atom. The molecule has 7 heteroatoms. The van der Waals surface area contributed by atoms with E-state index in [1.165, 1.54) is 30.5 Å². The van der Waals surface area contributed by atoms with E-state index in [1.807, 2.05) is 0 Å². The third-order valence-electron chi connectivity index (χ3n) is 2.50. The molecule has 0 aliphatic rings. The molecule has 0 saturated carbocycles. The zero-order valence-electron chi connectivity index (χ0n) is 10.7. The maximum atomic E-state index is 11.6. The second-order valence-corrected chi connectivity index (χ2v) is 4.82. The van der Waals surface area contributed by atoms with E-state index < -0.39 is 5.97 Å². The summed E-state index contributed by atoms with van der Waals surface area (Å²) in [7, 11) is 0. The summed E-state index contributed by atoms with van der Waals surface area (Å²) < 4.78 is 5.79. The Hall–Kier alpha value is -2.41. The van der Waals surface area contributed by atoms with Gasteiger partial charge in [0.15, 0.2) is 4.67 Å².